The van der Waals surface area contributed by atoms with Gasteiger partial charge in [0.1, 0.15) is 11.3 Å². The van der Waals surface area contributed by atoms with E-state index in [1.807, 2.05) is 6.92 Å². The van der Waals surface area contributed by atoms with Gasteiger partial charge in [-0.15, -0.1) is 0 Å². The van der Waals surface area contributed by atoms with Crippen molar-refractivity contribution in [2.75, 3.05) is 19.0 Å². The highest BCUT2D eigenvalue weighted by molar-refractivity contribution is 5.94. The number of carboxylic acids is 1. The Morgan fingerprint density at radius 3 is 2.68 bits per heavy atom. The van der Waals surface area contributed by atoms with E-state index in [0.29, 0.717) is 12.2 Å². The van der Waals surface area contributed by atoms with Crippen LogP contribution >= 0.6 is 0 Å². The van der Waals surface area contributed by atoms with Crippen LogP contribution in [0.15, 0.2) is 18.2 Å². The van der Waals surface area contributed by atoms with Gasteiger partial charge in [0.2, 0.25) is 0 Å². The van der Waals surface area contributed by atoms with Gasteiger partial charge in [-0.05, 0) is 18.6 Å². The number of urea groups is 1. The Morgan fingerprint density at radius 2 is 2.11 bits per heavy atom. The molecule has 0 saturated heterocycles. The van der Waals surface area contributed by atoms with Gasteiger partial charge in [-0.3, -0.25) is 0 Å². The fourth-order valence-corrected chi connectivity index (χ4v) is 1.50. The number of unbranched alkanes of at least 4 members (excludes halogenated alkanes) is 1. The maximum absolute atomic E-state index is 11.5. The third-order valence-corrected chi connectivity index (χ3v) is 2.51. The number of carbonyl (C=O) groups excluding carboxylic acids is 1. The largest absolute Gasteiger partial charge is 0.496 e. The van der Waals surface area contributed by atoms with E-state index in [4.69, 9.17) is 9.84 Å². The second kappa shape index (κ2) is 7.25. The molecule has 0 aromatic heterocycles. The minimum absolute atomic E-state index is 0.0550. The van der Waals surface area contributed by atoms with Gasteiger partial charge in [-0.2, -0.15) is 0 Å². The van der Waals surface area contributed by atoms with Crippen molar-refractivity contribution in [3.8, 4) is 5.75 Å². The standard InChI is InChI=1S/C13H18N2O4/c1-3-4-7-14-13(18)15-9-5-6-10(12(16)17)11(8-9)19-2/h5-6,8H,3-4,7H2,1-2H3,(H,16,17)(H2,14,15,18). The predicted octanol–water partition coefficient (Wildman–Crippen LogP) is 2.32. The molecule has 0 saturated carbocycles. The van der Waals surface area contributed by atoms with E-state index in [9.17, 15) is 9.59 Å². The molecule has 0 aliphatic heterocycles. The number of hydrogen-bond donors (Lipinski definition) is 3. The number of amides is 2. The summed E-state index contributed by atoms with van der Waals surface area (Å²) in [5, 5.41) is 14.3. The Kier molecular flexibility index (Phi) is 5.66. The van der Waals surface area contributed by atoms with Crippen molar-refractivity contribution in [2.45, 2.75) is 19.8 Å². The van der Waals surface area contributed by atoms with E-state index >= 15 is 0 Å². The van der Waals surface area contributed by atoms with E-state index in [-0.39, 0.29) is 17.3 Å². The number of benzene rings is 1. The third-order valence-electron chi connectivity index (χ3n) is 2.51. The molecule has 0 unspecified atom stereocenters. The zero-order valence-electron chi connectivity index (χ0n) is 11.0. The van der Waals surface area contributed by atoms with Crippen LogP contribution in [-0.4, -0.2) is 30.8 Å². The monoisotopic (exact) mass is 266 g/mol. The van der Waals surface area contributed by atoms with Crippen molar-refractivity contribution in [3.05, 3.63) is 23.8 Å². The lowest BCUT2D eigenvalue weighted by molar-refractivity contribution is 0.0693. The summed E-state index contributed by atoms with van der Waals surface area (Å²) < 4.78 is 4.97. The van der Waals surface area contributed by atoms with E-state index in [1.165, 1.54) is 25.3 Å². The van der Waals surface area contributed by atoms with E-state index in [2.05, 4.69) is 10.6 Å². The molecule has 104 valence electrons. The highest BCUT2D eigenvalue weighted by Gasteiger charge is 2.12. The van der Waals surface area contributed by atoms with Gasteiger partial charge in [0.05, 0.1) is 7.11 Å². The van der Waals surface area contributed by atoms with Gasteiger partial charge < -0.3 is 20.5 Å². The quantitative estimate of drug-likeness (QED) is 0.689. The molecule has 6 nitrogen and oxygen atoms in total. The first-order valence-electron chi connectivity index (χ1n) is 6.04. The van der Waals surface area contributed by atoms with E-state index < -0.39 is 5.97 Å². The molecule has 0 aliphatic carbocycles. The van der Waals surface area contributed by atoms with Gasteiger partial charge in [0, 0.05) is 18.3 Å². The summed E-state index contributed by atoms with van der Waals surface area (Å²) in [5.41, 5.74) is 0.537. The molecule has 6 heteroatoms. The summed E-state index contributed by atoms with van der Waals surface area (Å²) in [6, 6.07) is 4.07. The molecule has 3 N–H and O–H groups in total. The number of ether oxygens (including phenoxy) is 1. The molecular formula is C13H18N2O4. The first-order chi connectivity index (χ1) is 9.08. The fraction of sp³-hybridized carbons (Fsp3) is 0.385. The van der Waals surface area contributed by atoms with Crippen LogP contribution in [0.4, 0.5) is 10.5 Å². The summed E-state index contributed by atoms with van der Waals surface area (Å²) >= 11 is 0. The lowest BCUT2D eigenvalue weighted by atomic mass is 10.2. The summed E-state index contributed by atoms with van der Waals surface area (Å²) in [5.74, 6) is -0.866. The highest BCUT2D eigenvalue weighted by atomic mass is 16.5. The number of methoxy groups -OCH3 is 1. The average molecular weight is 266 g/mol. The van der Waals surface area contributed by atoms with Crippen molar-refractivity contribution in [1.82, 2.24) is 5.32 Å². The number of carboxylic acid groups (broad SMARTS) is 1. The van der Waals surface area contributed by atoms with Gasteiger partial charge in [-0.25, -0.2) is 9.59 Å². The molecule has 0 radical (unpaired) electrons. The SMILES string of the molecule is CCCCNC(=O)Nc1ccc(C(=O)O)c(OC)c1. The van der Waals surface area contributed by atoms with Gasteiger partial charge >= 0.3 is 12.0 Å². The minimum Gasteiger partial charge on any atom is -0.496 e. The van der Waals surface area contributed by atoms with E-state index in [1.54, 1.807) is 0 Å². The van der Waals surface area contributed by atoms with Crippen LogP contribution in [0.1, 0.15) is 30.1 Å². The molecule has 0 fully saturated rings. The molecular weight excluding hydrogens is 248 g/mol. The first kappa shape index (κ1) is 14.8. The van der Waals surface area contributed by atoms with Crippen LogP contribution in [0.25, 0.3) is 0 Å². The molecule has 2 amide bonds. The average Bonchev–Trinajstić information content (AvgIpc) is 2.38. The Hall–Kier alpha value is -2.24. The zero-order chi connectivity index (χ0) is 14.3. The van der Waals surface area contributed by atoms with Gasteiger partial charge in [-0.1, -0.05) is 13.3 Å². The maximum Gasteiger partial charge on any atom is 0.339 e. The molecule has 1 aromatic carbocycles. The molecule has 0 heterocycles. The number of nitrogens with one attached hydrogen (secondary N) is 2. The minimum atomic E-state index is -1.07. The van der Waals surface area contributed by atoms with Crippen LogP contribution in [0.3, 0.4) is 0 Å². The van der Waals surface area contributed by atoms with Crippen molar-refractivity contribution in [2.24, 2.45) is 0 Å². The molecule has 0 aliphatic rings. The summed E-state index contributed by atoms with van der Waals surface area (Å²) in [4.78, 5) is 22.4. The molecule has 0 atom stereocenters. The van der Waals surface area contributed by atoms with Gasteiger partial charge in [0.25, 0.3) is 0 Å². The predicted molar refractivity (Wildman–Crippen MR) is 71.9 cm³/mol. The van der Waals surface area contributed by atoms with Crippen molar-refractivity contribution >= 4 is 17.7 Å². The van der Waals surface area contributed by atoms with Gasteiger partial charge in [0.15, 0.2) is 0 Å². The summed E-state index contributed by atoms with van der Waals surface area (Å²) in [7, 11) is 1.38. The highest BCUT2D eigenvalue weighted by Crippen LogP contribution is 2.23. The topological polar surface area (TPSA) is 87.7 Å². The number of carbonyl (C=O) groups is 2. The smallest absolute Gasteiger partial charge is 0.339 e. The Bertz CT molecular complexity index is 460. The lowest BCUT2D eigenvalue weighted by Gasteiger charge is -2.10. The van der Waals surface area contributed by atoms with Crippen molar-refractivity contribution < 1.29 is 19.4 Å². The Morgan fingerprint density at radius 1 is 1.37 bits per heavy atom. The maximum atomic E-state index is 11.5. The Balaban J connectivity index is 2.69. The number of rotatable bonds is 6. The van der Waals surface area contributed by atoms with Crippen molar-refractivity contribution in [3.63, 3.8) is 0 Å². The summed E-state index contributed by atoms with van der Waals surface area (Å²) in [6.45, 7) is 2.64. The lowest BCUT2D eigenvalue weighted by Crippen LogP contribution is -2.29. The van der Waals surface area contributed by atoms with E-state index in [0.717, 1.165) is 12.8 Å². The Labute approximate surface area is 111 Å². The van der Waals surface area contributed by atoms with Crippen LogP contribution in [0.5, 0.6) is 5.75 Å². The normalized spacial score (nSPS) is 9.79. The second-order valence-corrected chi connectivity index (χ2v) is 3.95. The summed E-state index contributed by atoms with van der Waals surface area (Å²) in [6.07, 6.45) is 1.91. The van der Waals surface area contributed by atoms with Crippen molar-refractivity contribution in [1.29, 1.82) is 0 Å². The van der Waals surface area contributed by atoms with Crippen LogP contribution < -0.4 is 15.4 Å². The fourth-order valence-electron chi connectivity index (χ4n) is 1.50. The molecule has 0 bridgehead atoms. The number of anilines is 1. The molecule has 19 heavy (non-hydrogen) atoms. The van der Waals surface area contributed by atoms with Crippen LogP contribution in [0.2, 0.25) is 0 Å². The molecule has 1 aromatic rings. The number of hydrogen-bond acceptors (Lipinski definition) is 3. The molecule has 0 spiro atoms. The third kappa shape index (κ3) is 4.50. The van der Waals surface area contributed by atoms with Crippen LogP contribution in [0, 0.1) is 0 Å². The molecule has 1 rings (SSSR count). The van der Waals surface area contributed by atoms with Crippen LogP contribution in [-0.2, 0) is 0 Å². The first-order valence-corrected chi connectivity index (χ1v) is 6.04. The number of aromatic carboxylic acids is 1. The zero-order valence-corrected chi connectivity index (χ0v) is 11.0. The second-order valence-electron chi connectivity index (χ2n) is 3.95.